The van der Waals surface area contributed by atoms with E-state index in [1.807, 2.05) is 26.0 Å². The van der Waals surface area contributed by atoms with Crippen molar-refractivity contribution in [2.75, 3.05) is 11.9 Å². The first-order valence-electron chi connectivity index (χ1n) is 6.75. The van der Waals surface area contributed by atoms with Crippen LogP contribution in [-0.4, -0.2) is 17.5 Å². The predicted molar refractivity (Wildman–Crippen MR) is 82.1 cm³/mol. The summed E-state index contributed by atoms with van der Waals surface area (Å²) in [4.78, 5) is 26.9. The number of aryl methyl sites for hydroxylation is 2. The third-order valence-corrected chi connectivity index (χ3v) is 2.99. The van der Waals surface area contributed by atoms with E-state index in [1.165, 1.54) is 12.3 Å². The molecule has 0 radical (unpaired) electrons. The molecule has 0 aliphatic carbocycles. The molecular formula is C16H18N2O3. The summed E-state index contributed by atoms with van der Waals surface area (Å²) in [6, 6.07) is 6.88. The fourth-order valence-electron chi connectivity index (χ4n) is 1.95. The number of ether oxygens (including phenoxy) is 1. The molecule has 0 unspecified atom stereocenters. The van der Waals surface area contributed by atoms with E-state index in [9.17, 15) is 9.59 Å². The van der Waals surface area contributed by atoms with Crippen molar-refractivity contribution < 1.29 is 9.53 Å². The largest absolute Gasteiger partial charge is 0.492 e. The summed E-state index contributed by atoms with van der Waals surface area (Å²) >= 11 is 0. The van der Waals surface area contributed by atoms with Crippen LogP contribution in [0.4, 0.5) is 5.69 Å². The van der Waals surface area contributed by atoms with Crippen molar-refractivity contribution in [2.24, 2.45) is 0 Å². The normalized spacial score (nSPS) is 10.2. The van der Waals surface area contributed by atoms with Gasteiger partial charge in [-0.15, -0.1) is 0 Å². The van der Waals surface area contributed by atoms with Crippen LogP contribution < -0.4 is 15.5 Å². The van der Waals surface area contributed by atoms with Gasteiger partial charge in [-0.1, -0.05) is 6.07 Å². The van der Waals surface area contributed by atoms with Gasteiger partial charge in [0.15, 0.2) is 5.43 Å². The van der Waals surface area contributed by atoms with Crippen LogP contribution in [0.1, 0.15) is 28.5 Å². The van der Waals surface area contributed by atoms with Gasteiger partial charge in [0.1, 0.15) is 11.3 Å². The van der Waals surface area contributed by atoms with E-state index >= 15 is 0 Å². The van der Waals surface area contributed by atoms with Crippen LogP contribution >= 0.6 is 0 Å². The number of nitrogens with one attached hydrogen (secondary N) is 2. The van der Waals surface area contributed by atoms with Crippen LogP contribution in [0.3, 0.4) is 0 Å². The molecule has 0 spiro atoms. The van der Waals surface area contributed by atoms with Gasteiger partial charge in [-0.05, 0) is 38.5 Å². The summed E-state index contributed by atoms with van der Waals surface area (Å²) in [6.07, 6.45) is 1.42. The fourth-order valence-corrected chi connectivity index (χ4v) is 1.95. The molecule has 21 heavy (non-hydrogen) atoms. The molecule has 0 fully saturated rings. The molecule has 2 N–H and O–H groups in total. The van der Waals surface area contributed by atoms with E-state index in [-0.39, 0.29) is 11.0 Å². The minimum atomic E-state index is -0.457. The highest BCUT2D eigenvalue weighted by Crippen LogP contribution is 2.26. The molecule has 110 valence electrons. The number of hydrogen-bond acceptors (Lipinski definition) is 3. The lowest BCUT2D eigenvalue weighted by Gasteiger charge is -2.12. The number of aromatic nitrogens is 1. The Labute approximate surface area is 123 Å². The number of pyridine rings is 1. The second-order valence-electron chi connectivity index (χ2n) is 4.78. The molecule has 0 aliphatic heterocycles. The summed E-state index contributed by atoms with van der Waals surface area (Å²) in [6.45, 7) is 6.07. The predicted octanol–water partition coefficient (Wildman–Crippen LogP) is 2.64. The Hall–Kier alpha value is -2.56. The van der Waals surface area contributed by atoms with E-state index < -0.39 is 5.91 Å². The van der Waals surface area contributed by atoms with Gasteiger partial charge in [0.05, 0.1) is 12.3 Å². The molecule has 0 atom stereocenters. The standard InChI is InChI=1S/C16H18N2O3/c1-4-21-15-7-10(2)5-6-13(15)18-16(20)12-9-17-11(3)8-14(12)19/h5-9H,4H2,1-3H3,(H,17,19)(H,18,20). The molecule has 0 saturated carbocycles. The van der Waals surface area contributed by atoms with E-state index in [4.69, 9.17) is 4.74 Å². The van der Waals surface area contributed by atoms with E-state index in [2.05, 4.69) is 10.3 Å². The van der Waals surface area contributed by atoms with Gasteiger partial charge in [-0.3, -0.25) is 9.59 Å². The molecule has 1 amide bonds. The Morgan fingerprint density at radius 3 is 2.71 bits per heavy atom. The minimum Gasteiger partial charge on any atom is -0.492 e. The summed E-state index contributed by atoms with van der Waals surface area (Å²) in [7, 11) is 0. The Bertz CT molecular complexity index is 720. The number of anilines is 1. The molecule has 2 aromatic rings. The van der Waals surface area contributed by atoms with Crippen molar-refractivity contribution in [3.8, 4) is 5.75 Å². The Balaban J connectivity index is 2.29. The Kier molecular flexibility index (Phi) is 4.42. The molecule has 0 aliphatic rings. The van der Waals surface area contributed by atoms with Gasteiger partial charge in [0.2, 0.25) is 0 Å². The number of carbonyl (C=O) groups is 1. The van der Waals surface area contributed by atoms with Crippen molar-refractivity contribution in [2.45, 2.75) is 20.8 Å². The lowest BCUT2D eigenvalue weighted by atomic mass is 10.2. The molecule has 5 nitrogen and oxygen atoms in total. The maximum atomic E-state index is 12.2. The van der Waals surface area contributed by atoms with Crippen molar-refractivity contribution in [1.82, 2.24) is 4.98 Å². The van der Waals surface area contributed by atoms with Crippen LogP contribution in [0.15, 0.2) is 35.3 Å². The highest BCUT2D eigenvalue weighted by atomic mass is 16.5. The molecule has 1 heterocycles. The molecule has 1 aromatic carbocycles. The first-order chi connectivity index (χ1) is 10.0. The van der Waals surface area contributed by atoms with Gasteiger partial charge >= 0.3 is 0 Å². The van der Waals surface area contributed by atoms with Crippen molar-refractivity contribution in [3.63, 3.8) is 0 Å². The quantitative estimate of drug-likeness (QED) is 0.907. The average molecular weight is 286 g/mol. The monoisotopic (exact) mass is 286 g/mol. The van der Waals surface area contributed by atoms with Crippen molar-refractivity contribution in [1.29, 1.82) is 0 Å². The summed E-state index contributed by atoms with van der Waals surface area (Å²) < 4.78 is 5.50. The van der Waals surface area contributed by atoms with E-state index in [1.54, 1.807) is 13.0 Å². The summed E-state index contributed by atoms with van der Waals surface area (Å²) in [5.74, 6) is 0.135. The highest BCUT2D eigenvalue weighted by molar-refractivity contribution is 6.04. The first kappa shape index (κ1) is 14.8. The Morgan fingerprint density at radius 1 is 1.29 bits per heavy atom. The minimum absolute atomic E-state index is 0.0728. The summed E-state index contributed by atoms with van der Waals surface area (Å²) in [5.41, 5.74) is 2.05. The van der Waals surface area contributed by atoms with Gasteiger partial charge in [0.25, 0.3) is 5.91 Å². The zero-order chi connectivity index (χ0) is 15.4. The molecule has 0 saturated heterocycles. The van der Waals surface area contributed by atoms with Crippen LogP contribution in [0.2, 0.25) is 0 Å². The maximum Gasteiger partial charge on any atom is 0.261 e. The molecule has 1 aromatic heterocycles. The smallest absolute Gasteiger partial charge is 0.261 e. The molecular weight excluding hydrogens is 268 g/mol. The van der Waals surface area contributed by atoms with Gasteiger partial charge in [-0.25, -0.2) is 0 Å². The average Bonchev–Trinajstić information content (AvgIpc) is 2.42. The number of rotatable bonds is 4. The van der Waals surface area contributed by atoms with Gasteiger partial charge < -0.3 is 15.0 Å². The summed E-state index contributed by atoms with van der Waals surface area (Å²) in [5, 5.41) is 2.72. The highest BCUT2D eigenvalue weighted by Gasteiger charge is 2.13. The fraction of sp³-hybridized carbons (Fsp3) is 0.250. The van der Waals surface area contributed by atoms with Gasteiger partial charge in [-0.2, -0.15) is 0 Å². The number of hydrogen-bond donors (Lipinski definition) is 2. The Morgan fingerprint density at radius 2 is 2.05 bits per heavy atom. The lowest BCUT2D eigenvalue weighted by Crippen LogP contribution is -2.21. The van der Waals surface area contributed by atoms with Crippen LogP contribution in [0.5, 0.6) is 5.75 Å². The second-order valence-corrected chi connectivity index (χ2v) is 4.78. The van der Waals surface area contributed by atoms with Crippen LogP contribution in [-0.2, 0) is 0 Å². The molecule has 5 heteroatoms. The number of H-pyrrole nitrogens is 1. The van der Waals surface area contributed by atoms with E-state index in [0.717, 1.165) is 5.56 Å². The number of carbonyl (C=O) groups excluding carboxylic acids is 1. The number of amides is 1. The third-order valence-electron chi connectivity index (χ3n) is 2.99. The SMILES string of the molecule is CCOc1cc(C)ccc1NC(=O)c1c[nH]c(C)cc1=O. The van der Waals surface area contributed by atoms with Crippen LogP contribution in [0, 0.1) is 13.8 Å². The van der Waals surface area contributed by atoms with Gasteiger partial charge in [0, 0.05) is 18.0 Å². The zero-order valence-corrected chi connectivity index (χ0v) is 12.3. The number of aromatic amines is 1. The molecule has 2 rings (SSSR count). The third kappa shape index (κ3) is 3.51. The molecule has 0 bridgehead atoms. The second kappa shape index (κ2) is 6.26. The first-order valence-corrected chi connectivity index (χ1v) is 6.75. The number of benzene rings is 1. The van der Waals surface area contributed by atoms with Crippen LogP contribution in [0.25, 0.3) is 0 Å². The zero-order valence-electron chi connectivity index (χ0n) is 12.3. The van der Waals surface area contributed by atoms with E-state index in [0.29, 0.717) is 23.7 Å². The maximum absolute atomic E-state index is 12.2. The van der Waals surface area contributed by atoms with Crippen molar-refractivity contribution in [3.05, 3.63) is 57.5 Å². The lowest BCUT2D eigenvalue weighted by molar-refractivity contribution is 0.102. The van der Waals surface area contributed by atoms with Crippen molar-refractivity contribution >= 4 is 11.6 Å². The topological polar surface area (TPSA) is 71.2 Å².